The Kier molecular flexibility index (Phi) is 3.24. The predicted molar refractivity (Wildman–Crippen MR) is 84.3 cm³/mol. The molecule has 0 amide bonds. The Morgan fingerprint density at radius 2 is 1.82 bits per heavy atom. The van der Waals surface area contributed by atoms with E-state index in [-0.39, 0.29) is 11.3 Å². The van der Waals surface area contributed by atoms with Crippen molar-refractivity contribution in [1.29, 1.82) is 0 Å². The lowest BCUT2D eigenvalue weighted by Gasteiger charge is -2.09. The minimum absolute atomic E-state index is 0.144. The number of carboxylic acids is 1. The lowest BCUT2D eigenvalue weighted by Crippen LogP contribution is -1.96. The molecule has 0 aliphatic carbocycles. The fraction of sp³-hybridized carbons (Fsp3) is 0. The standard InChI is InChI=1S/C18H11NO3/c1-19-13-8-11-4-2-3-5-14(11)16(10-13)12-6-7-15(18(21)22)17(20)9-12/h2-10,20H,(H,21,22). The van der Waals surface area contributed by atoms with Crippen LogP contribution in [0.5, 0.6) is 5.75 Å². The Hall–Kier alpha value is -3.32. The van der Waals surface area contributed by atoms with Gasteiger partial charge in [-0.1, -0.05) is 30.3 Å². The highest BCUT2D eigenvalue weighted by Crippen LogP contribution is 2.35. The van der Waals surface area contributed by atoms with Crippen LogP contribution < -0.4 is 0 Å². The molecule has 3 aromatic rings. The summed E-state index contributed by atoms with van der Waals surface area (Å²) >= 11 is 0. The topological polar surface area (TPSA) is 61.9 Å². The third-order valence-corrected chi connectivity index (χ3v) is 3.51. The van der Waals surface area contributed by atoms with E-state index in [9.17, 15) is 9.90 Å². The number of fused-ring (bicyclic) bond motifs is 1. The smallest absolute Gasteiger partial charge is 0.339 e. The predicted octanol–water partition coefficient (Wildman–Crippen LogP) is 4.46. The molecule has 0 unspecified atom stereocenters. The van der Waals surface area contributed by atoms with Crippen molar-refractivity contribution in [2.45, 2.75) is 0 Å². The Labute approximate surface area is 126 Å². The van der Waals surface area contributed by atoms with Gasteiger partial charge in [0.2, 0.25) is 0 Å². The van der Waals surface area contributed by atoms with Gasteiger partial charge in [0, 0.05) is 0 Å². The molecule has 0 fully saturated rings. The first-order valence-electron chi connectivity index (χ1n) is 6.57. The number of carboxylic acid groups (broad SMARTS) is 1. The van der Waals surface area contributed by atoms with Gasteiger partial charge in [0.05, 0.1) is 6.57 Å². The van der Waals surface area contributed by atoms with E-state index in [0.717, 1.165) is 16.3 Å². The third kappa shape index (κ3) is 2.25. The molecule has 0 spiro atoms. The second-order valence-corrected chi connectivity index (χ2v) is 4.86. The van der Waals surface area contributed by atoms with E-state index in [1.807, 2.05) is 24.3 Å². The summed E-state index contributed by atoms with van der Waals surface area (Å²) in [6, 6.07) is 15.6. The number of aromatic hydroxyl groups is 1. The van der Waals surface area contributed by atoms with Gasteiger partial charge in [0.25, 0.3) is 0 Å². The fourth-order valence-electron chi connectivity index (χ4n) is 2.48. The summed E-state index contributed by atoms with van der Waals surface area (Å²) < 4.78 is 0. The van der Waals surface area contributed by atoms with Crippen molar-refractivity contribution in [3.8, 4) is 16.9 Å². The Morgan fingerprint density at radius 1 is 1.05 bits per heavy atom. The lowest BCUT2D eigenvalue weighted by atomic mass is 9.96. The number of benzene rings is 3. The minimum atomic E-state index is -1.18. The Balaban J connectivity index is 2.28. The molecular formula is C18H11NO3. The van der Waals surface area contributed by atoms with Gasteiger partial charge < -0.3 is 10.2 Å². The van der Waals surface area contributed by atoms with Crippen LogP contribution in [0.2, 0.25) is 0 Å². The molecule has 106 valence electrons. The molecule has 2 N–H and O–H groups in total. The first-order valence-corrected chi connectivity index (χ1v) is 6.57. The maximum atomic E-state index is 11.0. The Morgan fingerprint density at radius 3 is 2.50 bits per heavy atom. The molecule has 0 saturated heterocycles. The van der Waals surface area contributed by atoms with Crippen molar-refractivity contribution in [3.05, 3.63) is 71.6 Å². The average Bonchev–Trinajstić information content (AvgIpc) is 2.53. The summed E-state index contributed by atoms with van der Waals surface area (Å²) in [4.78, 5) is 14.5. The van der Waals surface area contributed by atoms with Crippen LogP contribution in [0.4, 0.5) is 5.69 Å². The summed E-state index contributed by atoms with van der Waals surface area (Å²) in [6.07, 6.45) is 0. The summed E-state index contributed by atoms with van der Waals surface area (Å²) in [5, 5.41) is 20.7. The molecule has 3 rings (SSSR count). The van der Waals surface area contributed by atoms with Gasteiger partial charge in [0.1, 0.15) is 11.3 Å². The summed E-state index contributed by atoms with van der Waals surface area (Å²) in [7, 11) is 0. The highest BCUT2D eigenvalue weighted by molar-refractivity contribution is 6.00. The molecule has 4 heteroatoms. The largest absolute Gasteiger partial charge is 0.507 e. The van der Waals surface area contributed by atoms with E-state index in [0.29, 0.717) is 11.3 Å². The van der Waals surface area contributed by atoms with Gasteiger partial charge >= 0.3 is 5.97 Å². The van der Waals surface area contributed by atoms with Crippen molar-refractivity contribution in [3.63, 3.8) is 0 Å². The van der Waals surface area contributed by atoms with E-state index in [1.165, 1.54) is 12.1 Å². The second-order valence-electron chi connectivity index (χ2n) is 4.86. The van der Waals surface area contributed by atoms with E-state index in [2.05, 4.69) is 4.85 Å². The van der Waals surface area contributed by atoms with Crippen LogP contribution in [0.3, 0.4) is 0 Å². The SMILES string of the molecule is [C-]#[N+]c1cc(-c2ccc(C(=O)O)c(O)c2)c2ccccc2c1. The molecular weight excluding hydrogens is 278 g/mol. The molecule has 0 heterocycles. The van der Waals surface area contributed by atoms with Crippen molar-refractivity contribution in [2.75, 3.05) is 0 Å². The summed E-state index contributed by atoms with van der Waals surface area (Å²) in [5.41, 5.74) is 1.81. The van der Waals surface area contributed by atoms with E-state index in [1.54, 1.807) is 18.2 Å². The van der Waals surface area contributed by atoms with Gasteiger partial charge in [-0.25, -0.2) is 9.64 Å². The van der Waals surface area contributed by atoms with Gasteiger partial charge in [0.15, 0.2) is 5.69 Å². The quantitative estimate of drug-likeness (QED) is 0.684. The zero-order chi connectivity index (χ0) is 15.7. The molecule has 0 aromatic heterocycles. The molecule has 0 aliphatic rings. The summed E-state index contributed by atoms with van der Waals surface area (Å²) in [6.45, 7) is 7.21. The number of aromatic carboxylic acids is 1. The highest BCUT2D eigenvalue weighted by Gasteiger charge is 2.12. The maximum absolute atomic E-state index is 11.0. The molecule has 0 radical (unpaired) electrons. The zero-order valence-corrected chi connectivity index (χ0v) is 11.4. The van der Waals surface area contributed by atoms with Crippen molar-refractivity contribution < 1.29 is 15.0 Å². The molecule has 0 saturated carbocycles. The average molecular weight is 289 g/mol. The minimum Gasteiger partial charge on any atom is -0.507 e. The molecule has 0 aliphatic heterocycles. The number of nitrogens with zero attached hydrogens (tertiary/aromatic N) is 1. The van der Waals surface area contributed by atoms with Crippen LogP contribution in [0, 0.1) is 6.57 Å². The number of hydrogen-bond donors (Lipinski definition) is 2. The third-order valence-electron chi connectivity index (χ3n) is 3.51. The zero-order valence-electron chi connectivity index (χ0n) is 11.4. The van der Waals surface area contributed by atoms with Gasteiger partial charge in [-0.15, -0.1) is 0 Å². The van der Waals surface area contributed by atoms with Crippen LogP contribution >= 0.6 is 0 Å². The van der Waals surface area contributed by atoms with Gasteiger partial charge in [-0.05, 0) is 46.2 Å². The number of phenols is 1. The van der Waals surface area contributed by atoms with Crippen LogP contribution in [0.25, 0.3) is 26.7 Å². The van der Waals surface area contributed by atoms with E-state index in [4.69, 9.17) is 11.7 Å². The lowest BCUT2D eigenvalue weighted by molar-refractivity contribution is 0.0694. The maximum Gasteiger partial charge on any atom is 0.339 e. The van der Waals surface area contributed by atoms with Crippen LogP contribution in [-0.2, 0) is 0 Å². The van der Waals surface area contributed by atoms with Crippen molar-refractivity contribution in [1.82, 2.24) is 0 Å². The van der Waals surface area contributed by atoms with Gasteiger partial charge in [-0.2, -0.15) is 0 Å². The molecule has 22 heavy (non-hydrogen) atoms. The number of hydrogen-bond acceptors (Lipinski definition) is 2. The first kappa shape index (κ1) is 13.7. The number of carbonyl (C=O) groups is 1. The monoisotopic (exact) mass is 289 g/mol. The second kappa shape index (κ2) is 5.23. The molecule has 3 aromatic carbocycles. The van der Waals surface area contributed by atoms with E-state index >= 15 is 0 Å². The molecule has 0 bridgehead atoms. The first-order chi connectivity index (χ1) is 10.6. The van der Waals surface area contributed by atoms with Crippen molar-refractivity contribution in [2.24, 2.45) is 0 Å². The van der Waals surface area contributed by atoms with Gasteiger partial charge in [-0.3, -0.25) is 0 Å². The molecule has 0 atom stereocenters. The molecule has 4 nitrogen and oxygen atoms in total. The fourth-order valence-corrected chi connectivity index (χ4v) is 2.48. The van der Waals surface area contributed by atoms with Crippen LogP contribution in [0.1, 0.15) is 10.4 Å². The number of rotatable bonds is 2. The highest BCUT2D eigenvalue weighted by atomic mass is 16.4. The van der Waals surface area contributed by atoms with E-state index < -0.39 is 5.97 Å². The van der Waals surface area contributed by atoms with Crippen LogP contribution in [-0.4, -0.2) is 16.2 Å². The van der Waals surface area contributed by atoms with Crippen molar-refractivity contribution >= 4 is 22.4 Å². The van der Waals surface area contributed by atoms with Crippen LogP contribution in [0.15, 0.2) is 54.6 Å². The normalized spacial score (nSPS) is 10.3. The summed E-state index contributed by atoms with van der Waals surface area (Å²) in [5.74, 6) is -1.47. The Bertz CT molecular complexity index is 939.